The van der Waals surface area contributed by atoms with E-state index in [0.717, 1.165) is 19.4 Å². The molecule has 7 nitrogen and oxygen atoms in total. The SMILES string of the molecule is COC(=O)c1ccc(NC(=O)CC(=O)NCC2CCCO2)cc1. The van der Waals surface area contributed by atoms with E-state index in [1.54, 1.807) is 24.3 Å². The highest BCUT2D eigenvalue weighted by molar-refractivity contribution is 6.03. The molecule has 1 heterocycles. The minimum Gasteiger partial charge on any atom is -0.465 e. The second-order valence-electron chi connectivity index (χ2n) is 5.23. The quantitative estimate of drug-likeness (QED) is 0.604. The van der Waals surface area contributed by atoms with Gasteiger partial charge < -0.3 is 20.1 Å². The van der Waals surface area contributed by atoms with Crippen molar-refractivity contribution in [3.63, 3.8) is 0 Å². The minimum absolute atomic E-state index is 0.0490. The first-order chi connectivity index (χ1) is 11.1. The van der Waals surface area contributed by atoms with Crippen LogP contribution in [0.15, 0.2) is 24.3 Å². The van der Waals surface area contributed by atoms with E-state index in [9.17, 15) is 14.4 Å². The molecule has 2 amide bonds. The molecule has 0 spiro atoms. The van der Waals surface area contributed by atoms with Gasteiger partial charge in [0, 0.05) is 18.8 Å². The fourth-order valence-corrected chi connectivity index (χ4v) is 2.25. The van der Waals surface area contributed by atoms with Crippen LogP contribution in [-0.2, 0) is 19.1 Å². The van der Waals surface area contributed by atoms with Gasteiger partial charge in [-0.2, -0.15) is 0 Å². The maximum absolute atomic E-state index is 11.8. The molecule has 0 radical (unpaired) electrons. The van der Waals surface area contributed by atoms with Gasteiger partial charge in [-0.25, -0.2) is 4.79 Å². The lowest BCUT2D eigenvalue weighted by atomic mass is 10.2. The van der Waals surface area contributed by atoms with Crippen LogP contribution in [0.1, 0.15) is 29.6 Å². The number of carbonyl (C=O) groups is 3. The molecular formula is C16H20N2O5. The molecule has 1 atom stereocenters. The van der Waals surface area contributed by atoms with E-state index in [1.807, 2.05) is 0 Å². The van der Waals surface area contributed by atoms with E-state index in [0.29, 0.717) is 17.8 Å². The van der Waals surface area contributed by atoms with Crippen molar-refractivity contribution in [2.75, 3.05) is 25.6 Å². The number of hydrogen-bond donors (Lipinski definition) is 2. The van der Waals surface area contributed by atoms with Crippen molar-refractivity contribution < 1.29 is 23.9 Å². The highest BCUT2D eigenvalue weighted by atomic mass is 16.5. The standard InChI is InChI=1S/C16H20N2O5/c1-22-16(21)11-4-6-12(7-5-11)18-15(20)9-14(19)17-10-13-3-2-8-23-13/h4-7,13H,2-3,8-10H2,1H3,(H,17,19)(H,18,20). The van der Waals surface area contributed by atoms with Crippen molar-refractivity contribution in [2.45, 2.75) is 25.4 Å². The summed E-state index contributed by atoms with van der Waals surface area (Å²) in [6, 6.07) is 6.24. The summed E-state index contributed by atoms with van der Waals surface area (Å²) >= 11 is 0. The summed E-state index contributed by atoms with van der Waals surface area (Å²) in [5.74, 6) is -1.21. The van der Waals surface area contributed by atoms with Gasteiger partial charge in [0.05, 0.1) is 18.8 Å². The third kappa shape index (κ3) is 5.37. The fraction of sp³-hybridized carbons (Fsp3) is 0.438. The van der Waals surface area contributed by atoms with Crippen LogP contribution in [0.2, 0.25) is 0 Å². The Morgan fingerprint density at radius 1 is 1.22 bits per heavy atom. The number of rotatable bonds is 6. The maximum atomic E-state index is 11.8. The van der Waals surface area contributed by atoms with E-state index in [4.69, 9.17) is 4.74 Å². The van der Waals surface area contributed by atoms with Gasteiger partial charge >= 0.3 is 5.97 Å². The van der Waals surface area contributed by atoms with Crippen LogP contribution in [0, 0.1) is 0 Å². The number of carbonyl (C=O) groups excluding carboxylic acids is 3. The molecule has 1 aliphatic heterocycles. The number of benzene rings is 1. The lowest BCUT2D eigenvalue weighted by Gasteiger charge is -2.11. The molecule has 124 valence electrons. The van der Waals surface area contributed by atoms with Crippen LogP contribution < -0.4 is 10.6 Å². The van der Waals surface area contributed by atoms with E-state index < -0.39 is 11.9 Å². The zero-order valence-electron chi connectivity index (χ0n) is 13.0. The van der Waals surface area contributed by atoms with E-state index in [1.165, 1.54) is 7.11 Å². The van der Waals surface area contributed by atoms with Crippen molar-refractivity contribution in [3.05, 3.63) is 29.8 Å². The summed E-state index contributed by atoms with van der Waals surface area (Å²) in [6.07, 6.45) is 1.72. The largest absolute Gasteiger partial charge is 0.465 e. The third-order valence-electron chi connectivity index (χ3n) is 3.46. The van der Waals surface area contributed by atoms with Gasteiger partial charge in [-0.15, -0.1) is 0 Å². The molecular weight excluding hydrogens is 300 g/mol. The molecule has 1 unspecified atom stereocenters. The van der Waals surface area contributed by atoms with Crippen molar-refractivity contribution in [2.24, 2.45) is 0 Å². The molecule has 0 bridgehead atoms. The molecule has 2 N–H and O–H groups in total. The first-order valence-electron chi connectivity index (χ1n) is 7.45. The minimum atomic E-state index is -0.448. The lowest BCUT2D eigenvalue weighted by molar-refractivity contribution is -0.127. The zero-order valence-corrected chi connectivity index (χ0v) is 13.0. The monoisotopic (exact) mass is 320 g/mol. The predicted molar refractivity (Wildman–Crippen MR) is 83.0 cm³/mol. The number of ether oxygens (including phenoxy) is 2. The third-order valence-corrected chi connectivity index (χ3v) is 3.46. The normalized spacial score (nSPS) is 16.7. The molecule has 0 aromatic heterocycles. The lowest BCUT2D eigenvalue weighted by Crippen LogP contribution is -2.34. The Balaban J connectivity index is 1.75. The Hall–Kier alpha value is -2.41. The van der Waals surface area contributed by atoms with E-state index in [2.05, 4.69) is 15.4 Å². The number of hydrogen-bond acceptors (Lipinski definition) is 5. The summed E-state index contributed by atoms with van der Waals surface area (Å²) in [5, 5.41) is 5.29. The van der Waals surface area contributed by atoms with Gasteiger partial charge in [0.1, 0.15) is 6.42 Å². The number of nitrogens with one attached hydrogen (secondary N) is 2. The molecule has 7 heteroatoms. The molecule has 2 rings (SSSR count). The smallest absolute Gasteiger partial charge is 0.337 e. The van der Waals surface area contributed by atoms with Crippen molar-refractivity contribution >= 4 is 23.5 Å². The summed E-state index contributed by atoms with van der Waals surface area (Å²) in [5.41, 5.74) is 0.898. The van der Waals surface area contributed by atoms with Crippen LogP contribution in [0.4, 0.5) is 5.69 Å². The van der Waals surface area contributed by atoms with Crippen LogP contribution in [0.3, 0.4) is 0 Å². The van der Waals surface area contributed by atoms with Gasteiger partial charge in [-0.1, -0.05) is 0 Å². The fourth-order valence-electron chi connectivity index (χ4n) is 2.25. The first kappa shape index (κ1) is 17.0. The van der Waals surface area contributed by atoms with Gasteiger partial charge in [-0.3, -0.25) is 9.59 Å². The van der Waals surface area contributed by atoms with Crippen LogP contribution in [0.5, 0.6) is 0 Å². The second kappa shape index (κ2) is 8.28. The van der Waals surface area contributed by atoms with E-state index in [-0.39, 0.29) is 18.4 Å². The van der Waals surface area contributed by atoms with Gasteiger partial charge in [0.25, 0.3) is 0 Å². The van der Waals surface area contributed by atoms with Gasteiger partial charge in [0.15, 0.2) is 0 Å². The average molecular weight is 320 g/mol. The Morgan fingerprint density at radius 3 is 2.57 bits per heavy atom. The average Bonchev–Trinajstić information content (AvgIpc) is 3.06. The Bertz CT molecular complexity index is 564. The first-order valence-corrected chi connectivity index (χ1v) is 7.45. The van der Waals surface area contributed by atoms with Gasteiger partial charge in [-0.05, 0) is 37.1 Å². The van der Waals surface area contributed by atoms with Crippen molar-refractivity contribution in [1.29, 1.82) is 0 Å². The predicted octanol–water partition coefficient (Wildman–Crippen LogP) is 1.10. The molecule has 0 aliphatic carbocycles. The molecule has 1 saturated heterocycles. The number of methoxy groups -OCH3 is 1. The Morgan fingerprint density at radius 2 is 1.96 bits per heavy atom. The van der Waals surface area contributed by atoms with Crippen LogP contribution in [0.25, 0.3) is 0 Å². The second-order valence-corrected chi connectivity index (χ2v) is 5.23. The van der Waals surface area contributed by atoms with Crippen molar-refractivity contribution in [1.82, 2.24) is 5.32 Å². The molecule has 1 aromatic carbocycles. The molecule has 0 saturated carbocycles. The molecule has 1 aromatic rings. The summed E-state index contributed by atoms with van der Waals surface area (Å²) < 4.78 is 9.98. The van der Waals surface area contributed by atoms with Gasteiger partial charge in [0.2, 0.25) is 11.8 Å². The summed E-state index contributed by atoms with van der Waals surface area (Å²) in [7, 11) is 1.30. The highest BCUT2D eigenvalue weighted by Gasteiger charge is 2.17. The molecule has 23 heavy (non-hydrogen) atoms. The van der Waals surface area contributed by atoms with E-state index >= 15 is 0 Å². The molecule has 1 fully saturated rings. The molecule has 1 aliphatic rings. The number of anilines is 1. The topological polar surface area (TPSA) is 93.7 Å². The highest BCUT2D eigenvalue weighted by Crippen LogP contribution is 2.12. The van der Waals surface area contributed by atoms with Crippen LogP contribution >= 0.6 is 0 Å². The van der Waals surface area contributed by atoms with Crippen LogP contribution in [-0.4, -0.2) is 44.1 Å². The van der Waals surface area contributed by atoms with Crippen molar-refractivity contribution in [3.8, 4) is 0 Å². The zero-order chi connectivity index (χ0) is 16.7. The number of esters is 1. The number of amides is 2. The summed E-state index contributed by atoms with van der Waals surface area (Å²) in [4.78, 5) is 34.8. The maximum Gasteiger partial charge on any atom is 0.337 e. The Kier molecular flexibility index (Phi) is 6.10. The summed E-state index contributed by atoms with van der Waals surface area (Å²) in [6.45, 7) is 1.16. The Labute approximate surface area is 134 Å².